The molecule has 1 fully saturated rings. The number of guanidine groups is 1. The lowest BCUT2D eigenvalue weighted by Crippen LogP contribution is -2.44. The van der Waals surface area contributed by atoms with Crippen LogP contribution in [0.15, 0.2) is 58.3 Å². The predicted molar refractivity (Wildman–Crippen MR) is 148 cm³/mol. The fourth-order valence-electron chi connectivity index (χ4n) is 3.67. The first-order chi connectivity index (χ1) is 16.1. The summed E-state index contributed by atoms with van der Waals surface area (Å²) in [6, 6.07) is 12.3. The molecule has 0 spiro atoms. The second kappa shape index (κ2) is 12.7. The number of likely N-dealkylation sites (N-methyl/N-ethyl adjacent to an activating group) is 1. The van der Waals surface area contributed by atoms with E-state index in [9.17, 15) is 0 Å². The Morgan fingerprint density at radius 2 is 1.85 bits per heavy atom. The van der Waals surface area contributed by atoms with E-state index in [-0.39, 0.29) is 24.0 Å². The summed E-state index contributed by atoms with van der Waals surface area (Å²) in [5, 5.41) is 6.65. The molecule has 1 saturated heterocycles. The van der Waals surface area contributed by atoms with Crippen LogP contribution in [0.3, 0.4) is 0 Å². The number of hydrogen-bond acceptors (Lipinski definition) is 6. The number of nitrogens with one attached hydrogen (secondary N) is 2. The topological polar surface area (TPSA) is 81.8 Å². The predicted octanol–water partition coefficient (Wildman–Crippen LogP) is 3.67. The Kier molecular flexibility index (Phi) is 9.70. The number of nitrogens with zero attached hydrogens (tertiary/aromatic N) is 5. The molecular weight excluding hydrogens is 541 g/mol. The van der Waals surface area contributed by atoms with Crippen LogP contribution in [-0.2, 0) is 13.1 Å². The average Bonchev–Trinajstić information content (AvgIpc) is 3.31. The molecule has 0 saturated carbocycles. The zero-order chi connectivity index (χ0) is 23.0. The van der Waals surface area contributed by atoms with Crippen molar-refractivity contribution in [2.45, 2.75) is 26.9 Å². The highest BCUT2D eigenvalue weighted by Gasteiger charge is 2.15. The highest BCUT2D eigenvalue weighted by molar-refractivity contribution is 14.0. The third-order valence-corrected chi connectivity index (χ3v) is 5.69. The van der Waals surface area contributed by atoms with Crippen molar-refractivity contribution in [2.24, 2.45) is 4.99 Å². The van der Waals surface area contributed by atoms with Crippen LogP contribution in [0.1, 0.15) is 23.7 Å². The van der Waals surface area contributed by atoms with Crippen LogP contribution in [0.4, 0.5) is 5.82 Å². The van der Waals surface area contributed by atoms with Gasteiger partial charge >= 0.3 is 0 Å². The van der Waals surface area contributed by atoms with Crippen LogP contribution in [0.25, 0.3) is 11.5 Å². The summed E-state index contributed by atoms with van der Waals surface area (Å²) in [6.45, 7) is 10.1. The lowest BCUT2D eigenvalue weighted by atomic mass is 10.1. The second-order valence-corrected chi connectivity index (χ2v) is 8.37. The largest absolute Gasteiger partial charge is 0.444 e. The zero-order valence-electron chi connectivity index (χ0n) is 20.1. The highest BCUT2D eigenvalue weighted by Crippen LogP contribution is 2.19. The Morgan fingerprint density at radius 1 is 1.09 bits per heavy atom. The Balaban J connectivity index is 0.00000324. The summed E-state index contributed by atoms with van der Waals surface area (Å²) >= 11 is 0. The third-order valence-electron chi connectivity index (χ3n) is 5.69. The highest BCUT2D eigenvalue weighted by atomic mass is 127. The summed E-state index contributed by atoms with van der Waals surface area (Å²) in [4.78, 5) is 18.6. The van der Waals surface area contributed by atoms with Gasteiger partial charge in [0.2, 0.25) is 5.89 Å². The summed E-state index contributed by atoms with van der Waals surface area (Å²) < 4.78 is 5.66. The molecule has 2 N–H and O–H groups in total. The minimum absolute atomic E-state index is 0. The number of aromatic nitrogens is 2. The fraction of sp³-hybridized carbons (Fsp3) is 0.400. The Labute approximate surface area is 218 Å². The number of aliphatic imine (C=N–C) groups is 1. The van der Waals surface area contributed by atoms with Crippen molar-refractivity contribution in [1.82, 2.24) is 25.5 Å². The van der Waals surface area contributed by atoms with Gasteiger partial charge in [-0.2, -0.15) is 0 Å². The molecule has 1 aromatic carbocycles. The Bertz CT molecular complexity index is 1060. The molecule has 1 aliphatic rings. The molecule has 2 aromatic heterocycles. The summed E-state index contributed by atoms with van der Waals surface area (Å²) in [6.07, 6.45) is 3.57. The summed E-state index contributed by atoms with van der Waals surface area (Å²) in [7, 11) is 2.16. The molecule has 0 bridgehead atoms. The molecule has 4 rings (SSSR count). The van der Waals surface area contributed by atoms with Crippen molar-refractivity contribution >= 4 is 35.8 Å². The molecule has 0 amide bonds. The van der Waals surface area contributed by atoms with Gasteiger partial charge in [-0.1, -0.05) is 17.7 Å². The molecule has 182 valence electrons. The number of benzene rings is 1. The Morgan fingerprint density at radius 3 is 2.59 bits per heavy atom. The number of aryl methyl sites for hydroxylation is 1. The molecule has 0 atom stereocenters. The smallest absolute Gasteiger partial charge is 0.226 e. The van der Waals surface area contributed by atoms with Crippen molar-refractivity contribution in [1.29, 1.82) is 0 Å². The zero-order valence-corrected chi connectivity index (χ0v) is 22.5. The van der Waals surface area contributed by atoms with E-state index in [0.29, 0.717) is 19.0 Å². The average molecular weight is 575 g/mol. The lowest BCUT2D eigenvalue weighted by molar-refractivity contribution is 0.312. The van der Waals surface area contributed by atoms with E-state index < -0.39 is 0 Å². The first-order valence-corrected chi connectivity index (χ1v) is 11.5. The van der Waals surface area contributed by atoms with Gasteiger partial charge in [0.05, 0.1) is 18.8 Å². The minimum atomic E-state index is 0. The summed E-state index contributed by atoms with van der Waals surface area (Å²) in [5.41, 5.74) is 4.15. The van der Waals surface area contributed by atoms with E-state index in [4.69, 9.17) is 9.41 Å². The van der Waals surface area contributed by atoms with Crippen molar-refractivity contribution in [3.05, 3.63) is 65.7 Å². The van der Waals surface area contributed by atoms with Gasteiger partial charge in [0.1, 0.15) is 12.1 Å². The van der Waals surface area contributed by atoms with Crippen molar-refractivity contribution < 1.29 is 4.42 Å². The number of oxazole rings is 1. The molecule has 9 heteroatoms. The van der Waals surface area contributed by atoms with Crippen LogP contribution in [-0.4, -0.2) is 60.6 Å². The molecule has 0 unspecified atom stereocenters. The van der Waals surface area contributed by atoms with Crippen LogP contribution >= 0.6 is 24.0 Å². The van der Waals surface area contributed by atoms with Gasteiger partial charge < -0.3 is 24.9 Å². The van der Waals surface area contributed by atoms with Gasteiger partial charge in [-0.3, -0.25) is 0 Å². The first-order valence-electron chi connectivity index (χ1n) is 11.5. The van der Waals surface area contributed by atoms with Gasteiger partial charge in [-0.25, -0.2) is 15.0 Å². The van der Waals surface area contributed by atoms with Gasteiger partial charge in [0.25, 0.3) is 0 Å². The van der Waals surface area contributed by atoms with Crippen LogP contribution in [0.5, 0.6) is 0 Å². The van der Waals surface area contributed by atoms with E-state index in [1.54, 1.807) is 6.26 Å². The molecule has 3 aromatic rings. The molecule has 34 heavy (non-hydrogen) atoms. The molecular formula is C25H34IN7O. The molecule has 0 radical (unpaired) electrons. The van der Waals surface area contributed by atoms with Gasteiger partial charge in [0, 0.05) is 44.5 Å². The second-order valence-electron chi connectivity index (χ2n) is 8.37. The monoisotopic (exact) mass is 575 g/mol. The molecule has 0 aliphatic carbocycles. The Hall–Kier alpha value is -2.66. The van der Waals surface area contributed by atoms with Crippen molar-refractivity contribution in [3.63, 3.8) is 0 Å². The van der Waals surface area contributed by atoms with Gasteiger partial charge in [-0.05, 0) is 50.7 Å². The number of rotatable bonds is 7. The van der Waals surface area contributed by atoms with Crippen molar-refractivity contribution in [3.8, 4) is 11.5 Å². The standard InChI is InChI=1S/C25H33N7O.HI/c1-4-26-25(29-17-22-18-33-24(30-22)21-7-5-19(2)6-8-21)28-16-20-9-10-27-23(15-20)32-13-11-31(3)12-14-32;/h5-10,15,18H,4,11-14,16-17H2,1-3H3,(H2,26,28,29);1H. The minimum Gasteiger partial charge on any atom is -0.444 e. The third kappa shape index (κ3) is 7.17. The van der Waals surface area contributed by atoms with E-state index >= 15 is 0 Å². The number of piperazine rings is 1. The SMILES string of the molecule is CCNC(=NCc1ccnc(N2CCN(C)CC2)c1)NCc1coc(-c2ccc(C)cc2)n1.I. The molecule has 3 heterocycles. The van der Waals surface area contributed by atoms with E-state index in [2.05, 4.69) is 69.5 Å². The van der Waals surface area contributed by atoms with Crippen molar-refractivity contribution in [2.75, 3.05) is 44.7 Å². The van der Waals surface area contributed by atoms with Crippen LogP contribution in [0, 0.1) is 6.92 Å². The quantitative estimate of drug-likeness (QED) is 0.253. The maximum atomic E-state index is 5.66. The number of hydrogen-bond donors (Lipinski definition) is 2. The maximum absolute atomic E-state index is 5.66. The van der Waals surface area contributed by atoms with Crippen LogP contribution in [0.2, 0.25) is 0 Å². The summed E-state index contributed by atoms with van der Waals surface area (Å²) in [5.74, 6) is 2.40. The van der Waals surface area contributed by atoms with E-state index in [0.717, 1.165) is 61.3 Å². The van der Waals surface area contributed by atoms with Crippen LogP contribution < -0.4 is 15.5 Å². The lowest BCUT2D eigenvalue weighted by Gasteiger charge is -2.33. The molecule has 8 nitrogen and oxygen atoms in total. The van der Waals surface area contributed by atoms with Gasteiger partial charge in [-0.15, -0.1) is 24.0 Å². The normalized spacial score (nSPS) is 14.6. The fourth-order valence-corrected chi connectivity index (χ4v) is 3.67. The van der Waals surface area contributed by atoms with E-state index in [1.165, 1.54) is 5.56 Å². The number of pyridine rings is 1. The number of halogens is 1. The first kappa shape index (κ1) is 26.0. The maximum Gasteiger partial charge on any atom is 0.226 e. The number of anilines is 1. The molecule has 1 aliphatic heterocycles. The van der Waals surface area contributed by atoms with E-state index in [1.807, 2.05) is 24.4 Å². The van der Waals surface area contributed by atoms with Gasteiger partial charge in [0.15, 0.2) is 5.96 Å².